The molecule has 0 amide bonds. The molecule has 1 rings (SSSR count). The van der Waals surface area contributed by atoms with Gasteiger partial charge in [0.1, 0.15) is 0 Å². The second kappa shape index (κ2) is 3.99. The van der Waals surface area contributed by atoms with Gasteiger partial charge in [-0.2, -0.15) is 0 Å². The highest BCUT2D eigenvalue weighted by Gasteiger charge is 2.26. The molecule has 0 aromatic heterocycles. The van der Waals surface area contributed by atoms with Gasteiger partial charge in [-0.1, -0.05) is 6.07 Å². The Bertz CT molecular complexity index is 487. The second-order valence-corrected chi connectivity index (χ2v) is 5.95. The minimum absolute atomic E-state index is 0.229. The lowest BCUT2D eigenvalue weighted by molar-refractivity contribution is -0.387. The third-order valence-electron chi connectivity index (χ3n) is 1.39. The zero-order valence-electron chi connectivity index (χ0n) is 6.48. The molecule has 0 radical (unpaired) electrons. The lowest BCUT2D eigenvalue weighted by atomic mass is 10.3. The van der Waals surface area contributed by atoms with Crippen LogP contribution in [0.25, 0.3) is 0 Å². The minimum atomic E-state index is -4.09. The Morgan fingerprint density at radius 3 is 2.36 bits per heavy atom. The number of hydrogen-bond donors (Lipinski definition) is 0. The molecule has 0 aliphatic heterocycles. The summed E-state index contributed by atoms with van der Waals surface area (Å²) in [6.45, 7) is 0. The van der Waals surface area contributed by atoms with E-state index in [1.807, 2.05) is 0 Å². The van der Waals surface area contributed by atoms with Gasteiger partial charge >= 0.3 is 0 Å². The Balaban J connectivity index is 3.62. The van der Waals surface area contributed by atoms with Crippen LogP contribution >= 0.6 is 33.3 Å². The summed E-state index contributed by atoms with van der Waals surface area (Å²) in [6, 6.07) is 3.92. The molecule has 8 heteroatoms. The van der Waals surface area contributed by atoms with Crippen LogP contribution in [0.15, 0.2) is 23.1 Å². The number of rotatable bonds is 2. The highest BCUT2D eigenvalue weighted by molar-refractivity contribution is 14.1. The Morgan fingerprint density at radius 1 is 1.43 bits per heavy atom. The van der Waals surface area contributed by atoms with Crippen molar-refractivity contribution < 1.29 is 13.3 Å². The van der Waals surface area contributed by atoms with E-state index in [4.69, 9.17) is 10.7 Å². The number of nitro benzene ring substituents is 1. The van der Waals surface area contributed by atoms with Gasteiger partial charge in [0.05, 0.1) is 4.92 Å². The molecule has 0 heterocycles. The maximum Gasteiger partial charge on any atom is 0.290 e. The van der Waals surface area contributed by atoms with E-state index >= 15 is 0 Å². The fourth-order valence-corrected chi connectivity index (χ4v) is 3.81. The molecule has 0 atom stereocenters. The van der Waals surface area contributed by atoms with Crippen LogP contribution in [-0.4, -0.2) is 13.3 Å². The molecule has 0 saturated carbocycles. The van der Waals surface area contributed by atoms with Crippen molar-refractivity contribution in [2.45, 2.75) is 4.90 Å². The van der Waals surface area contributed by atoms with Crippen LogP contribution in [0, 0.1) is 13.7 Å². The van der Waals surface area contributed by atoms with Crippen LogP contribution in [0.2, 0.25) is 0 Å². The molecule has 0 aliphatic rings. The van der Waals surface area contributed by atoms with Gasteiger partial charge in [0.25, 0.3) is 14.7 Å². The minimum Gasteiger partial charge on any atom is -0.258 e. The quantitative estimate of drug-likeness (QED) is 0.355. The first-order chi connectivity index (χ1) is 6.34. The Kier molecular flexibility index (Phi) is 3.32. The summed E-state index contributed by atoms with van der Waals surface area (Å²) in [5.41, 5.74) is -0.507. The molecule has 0 fully saturated rings. The Labute approximate surface area is 97.8 Å². The lowest BCUT2D eigenvalue weighted by Gasteiger charge is -2.00. The summed E-state index contributed by atoms with van der Waals surface area (Å²) in [6.07, 6.45) is 0. The second-order valence-electron chi connectivity index (χ2n) is 2.28. The molecule has 1 aromatic rings. The fourth-order valence-electron chi connectivity index (χ4n) is 0.883. The molecule has 14 heavy (non-hydrogen) atoms. The molecule has 0 saturated heterocycles. The first-order valence-electron chi connectivity index (χ1n) is 3.21. The van der Waals surface area contributed by atoms with Gasteiger partial charge in [-0.3, -0.25) is 10.1 Å². The topological polar surface area (TPSA) is 77.3 Å². The molecular formula is C6H3ClINO4S. The summed E-state index contributed by atoms with van der Waals surface area (Å²) in [5.74, 6) is 0. The van der Waals surface area contributed by atoms with E-state index in [0.29, 0.717) is 0 Å². The first-order valence-corrected chi connectivity index (χ1v) is 6.60. The average Bonchev–Trinajstić information content (AvgIpc) is 2.01. The summed E-state index contributed by atoms with van der Waals surface area (Å²) < 4.78 is 22.3. The summed E-state index contributed by atoms with van der Waals surface area (Å²) in [7, 11) is 0.990. The van der Waals surface area contributed by atoms with Gasteiger partial charge in [-0.15, -0.1) is 0 Å². The smallest absolute Gasteiger partial charge is 0.258 e. The third-order valence-corrected chi connectivity index (χ3v) is 4.03. The van der Waals surface area contributed by atoms with Crippen LogP contribution in [0.3, 0.4) is 0 Å². The number of hydrogen-bond acceptors (Lipinski definition) is 4. The van der Waals surface area contributed by atoms with Crippen molar-refractivity contribution in [1.82, 2.24) is 0 Å². The van der Waals surface area contributed by atoms with Crippen LogP contribution in [0.5, 0.6) is 0 Å². The van der Waals surface area contributed by atoms with E-state index in [2.05, 4.69) is 0 Å². The molecule has 0 aliphatic carbocycles. The van der Waals surface area contributed by atoms with Crippen molar-refractivity contribution in [3.63, 3.8) is 0 Å². The molecule has 76 valence electrons. The number of halogens is 2. The fraction of sp³-hybridized carbons (Fsp3) is 0. The van der Waals surface area contributed by atoms with E-state index < -0.39 is 24.6 Å². The highest BCUT2D eigenvalue weighted by Crippen LogP contribution is 2.30. The van der Waals surface area contributed by atoms with Gasteiger partial charge < -0.3 is 0 Å². The molecule has 5 nitrogen and oxygen atoms in total. The standard InChI is InChI=1S/C6H3ClINO4S/c7-14(12,13)6-4(8)2-1-3-5(6)9(10)11/h1-3H. The largest absolute Gasteiger partial charge is 0.290 e. The van der Waals surface area contributed by atoms with Crippen molar-refractivity contribution in [3.05, 3.63) is 31.9 Å². The van der Waals surface area contributed by atoms with Gasteiger partial charge in [-0.05, 0) is 28.7 Å². The van der Waals surface area contributed by atoms with Crippen molar-refractivity contribution in [2.24, 2.45) is 0 Å². The first kappa shape index (κ1) is 11.7. The summed E-state index contributed by atoms with van der Waals surface area (Å²) in [5, 5.41) is 10.5. The highest BCUT2D eigenvalue weighted by atomic mass is 127. The Morgan fingerprint density at radius 2 is 2.00 bits per heavy atom. The zero-order valence-corrected chi connectivity index (χ0v) is 10.2. The SMILES string of the molecule is O=[N+]([O-])c1cccc(I)c1S(=O)(=O)Cl. The Hall–Kier alpha value is -0.410. The van der Waals surface area contributed by atoms with E-state index in [1.165, 1.54) is 12.1 Å². The van der Waals surface area contributed by atoms with Crippen molar-refractivity contribution in [3.8, 4) is 0 Å². The number of benzene rings is 1. The van der Waals surface area contributed by atoms with E-state index in [9.17, 15) is 18.5 Å². The van der Waals surface area contributed by atoms with E-state index in [1.54, 1.807) is 22.6 Å². The molecular weight excluding hydrogens is 344 g/mol. The van der Waals surface area contributed by atoms with Crippen molar-refractivity contribution in [2.75, 3.05) is 0 Å². The number of nitrogens with zero attached hydrogens (tertiary/aromatic N) is 1. The van der Waals surface area contributed by atoms with E-state index in [-0.39, 0.29) is 3.57 Å². The summed E-state index contributed by atoms with van der Waals surface area (Å²) >= 11 is 1.68. The molecule has 0 unspecified atom stereocenters. The molecule has 1 aromatic carbocycles. The predicted molar refractivity (Wildman–Crippen MR) is 58.9 cm³/mol. The zero-order chi connectivity index (χ0) is 10.9. The van der Waals surface area contributed by atoms with Gasteiger partial charge in [0.15, 0.2) is 4.90 Å². The van der Waals surface area contributed by atoms with Crippen molar-refractivity contribution in [1.29, 1.82) is 0 Å². The predicted octanol–water partition coefficient (Wildman–Crippen LogP) is 2.13. The monoisotopic (exact) mass is 347 g/mol. The number of nitro groups is 1. The van der Waals surface area contributed by atoms with Crippen LogP contribution in [-0.2, 0) is 9.05 Å². The molecule has 0 bridgehead atoms. The van der Waals surface area contributed by atoms with Crippen LogP contribution < -0.4 is 0 Å². The van der Waals surface area contributed by atoms with Crippen molar-refractivity contribution >= 4 is 48.0 Å². The lowest BCUT2D eigenvalue weighted by Crippen LogP contribution is -2.01. The normalized spacial score (nSPS) is 11.3. The molecule has 0 N–H and O–H groups in total. The van der Waals surface area contributed by atoms with E-state index in [0.717, 1.165) is 6.07 Å². The average molecular weight is 348 g/mol. The van der Waals surface area contributed by atoms with Crippen LogP contribution in [0.1, 0.15) is 0 Å². The molecule has 0 spiro atoms. The van der Waals surface area contributed by atoms with Gasteiger partial charge in [0.2, 0.25) is 0 Å². The maximum atomic E-state index is 11.0. The van der Waals surface area contributed by atoms with Gasteiger partial charge in [0, 0.05) is 20.3 Å². The third kappa shape index (κ3) is 2.34. The maximum absolute atomic E-state index is 11.0. The van der Waals surface area contributed by atoms with Crippen LogP contribution in [0.4, 0.5) is 5.69 Å². The summed E-state index contributed by atoms with van der Waals surface area (Å²) in [4.78, 5) is 9.27. The van der Waals surface area contributed by atoms with Gasteiger partial charge in [-0.25, -0.2) is 8.42 Å².